The molecule has 2 aromatic rings. The second kappa shape index (κ2) is 4.28. The van der Waals surface area contributed by atoms with E-state index in [0.29, 0.717) is 28.0 Å². The Morgan fingerprint density at radius 3 is 2.74 bits per heavy atom. The van der Waals surface area contributed by atoms with E-state index in [1.54, 1.807) is 12.1 Å². The Balaban J connectivity index is 2.51. The van der Waals surface area contributed by atoms with Gasteiger partial charge in [-0.1, -0.05) is 0 Å². The predicted octanol–water partition coefficient (Wildman–Crippen LogP) is 2.38. The van der Waals surface area contributed by atoms with Gasteiger partial charge in [-0.2, -0.15) is 5.26 Å². The lowest BCUT2D eigenvalue weighted by Crippen LogP contribution is -2.14. The molecule has 0 saturated carbocycles. The van der Waals surface area contributed by atoms with Crippen molar-refractivity contribution >= 4 is 26.8 Å². The molecular formula is C13H9BrN2O3. The monoisotopic (exact) mass is 320 g/mol. The zero-order valence-electron chi connectivity index (χ0n) is 10.1. The SMILES string of the molecule is CCn1c(Br)c(C#N)c(=O)c2cc3c(cc21)OCO3. The van der Waals surface area contributed by atoms with Crippen LogP contribution in [0.25, 0.3) is 10.9 Å². The highest BCUT2D eigenvalue weighted by atomic mass is 79.9. The predicted molar refractivity (Wildman–Crippen MR) is 72.4 cm³/mol. The average Bonchev–Trinajstić information content (AvgIpc) is 2.85. The number of aryl methyl sites for hydroxylation is 1. The third kappa shape index (κ3) is 1.62. The number of benzene rings is 1. The van der Waals surface area contributed by atoms with Gasteiger partial charge in [-0.05, 0) is 28.9 Å². The fraction of sp³-hybridized carbons (Fsp3) is 0.231. The van der Waals surface area contributed by atoms with Crippen molar-refractivity contribution in [3.05, 3.63) is 32.5 Å². The maximum atomic E-state index is 12.3. The third-order valence-electron chi connectivity index (χ3n) is 3.12. The summed E-state index contributed by atoms with van der Waals surface area (Å²) in [6.45, 7) is 2.73. The number of rotatable bonds is 1. The van der Waals surface area contributed by atoms with Crippen LogP contribution in [-0.2, 0) is 6.54 Å². The molecule has 1 aliphatic heterocycles. The first-order valence-electron chi connectivity index (χ1n) is 5.73. The van der Waals surface area contributed by atoms with Crippen molar-refractivity contribution < 1.29 is 9.47 Å². The molecule has 0 amide bonds. The van der Waals surface area contributed by atoms with Gasteiger partial charge in [0.25, 0.3) is 0 Å². The third-order valence-corrected chi connectivity index (χ3v) is 3.95. The minimum absolute atomic E-state index is 0.105. The van der Waals surface area contributed by atoms with Gasteiger partial charge in [-0.25, -0.2) is 0 Å². The molecule has 0 aliphatic carbocycles. The van der Waals surface area contributed by atoms with Crippen molar-refractivity contribution in [3.63, 3.8) is 0 Å². The molecule has 0 bridgehead atoms. The van der Waals surface area contributed by atoms with Gasteiger partial charge in [0.15, 0.2) is 11.5 Å². The summed E-state index contributed by atoms with van der Waals surface area (Å²) in [6, 6.07) is 5.36. The van der Waals surface area contributed by atoms with E-state index in [0.717, 1.165) is 5.52 Å². The van der Waals surface area contributed by atoms with E-state index in [1.807, 2.05) is 17.6 Å². The number of fused-ring (bicyclic) bond motifs is 2. The molecule has 0 radical (unpaired) electrons. The van der Waals surface area contributed by atoms with Crippen LogP contribution in [-0.4, -0.2) is 11.4 Å². The largest absolute Gasteiger partial charge is 0.454 e. The highest BCUT2D eigenvalue weighted by Crippen LogP contribution is 2.36. The van der Waals surface area contributed by atoms with Crippen molar-refractivity contribution in [2.45, 2.75) is 13.5 Å². The second-order valence-electron chi connectivity index (χ2n) is 4.07. The normalized spacial score (nSPS) is 12.7. The van der Waals surface area contributed by atoms with Gasteiger partial charge in [-0.15, -0.1) is 0 Å². The van der Waals surface area contributed by atoms with Gasteiger partial charge in [0.1, 0.15) is 16.2 Å². The van der Waals surface area contributed by atoms with Gasteiger partial charge in [-0.3, -0.25) is 4.79 Å². The van der Waals surface area contributed by atoms with Crippen molar-refractivity contribution in [2.75, 3.05) is 6.79 Å². The van der Waals surface area contributed by atoms with Gasteiger partial charge in [0, 0.05) is 12.6 Å². The number of hydrogen-bond acceptors (Lipinski definition) is 4. The van der Waals surface area contributed by atoms with Gasteiger partial charge in [0.2, 0.25) is 12.2 Å². The fourth-order valence-electron chi connectivity index (χ4n) is 2.21. The minimum atomic E-state index is -0.299. The van der Waals surface area contributed by atoms with Crippen LogP contribution in [0.2, 0.25) is 0 Å². The van der Waals surface area contributed by atoms with Crippen LogP contribution in [0.5, 0.6) is 11.5 Å². The van der Waals surface area contributed by atoms with Crippen molar-refractivity contribution in [3.8, 4) is 17.6 Å². The topological polar surface area (TPSA) is 64.2 Å². The maximum absolute atomic E-state index is 12.3. The number of nitriles is 1. The molecule has 1 aromatic carbocycles. The van der Waals surface area contributed by atoms with E-state index in [4.69, 9.17) is 14.7 Å². The highest BCUT2D eigenvalue weighted by molar-refractivity contribution is 9.10. The quantitative estimate of drug-likeness (QED) is 0.757. The summed E-state index contributed by atoms with van der Waals surface area (Å²) in [6.07, 6.45) is 0. The van der Waals surface area contributed by atoms with E-state index < -0.39 is 0 Å². The Labute approximate surface area is 117 Å². The Kier molecular flexibility index (Phi) is 2.72. The first-order chi connectivity index (χ1) is 9.17. The summed E-state index contributed by atoms with van der Waals surface area (Å²) in [5.41, 5.74) is 0.531. The van der Waals surface area contributed by atoms with Crippen molar-refractivity contribution in [1.29, 1.82) is 5.26 Å². The Morgan fingerprint density at radius 1 is 1.42 bits per heavy atom. The number of aromatic nitrogens is 1. The van der Waals surface area contributed by atoms with Crippen LogP contribution in [0.3, 0.4) is 0 Å². The molecule has 5 nitrogen and oxygen atoms in total. The molecule has 0 N–H and O–H groups in total. The molecule has 0 unspecified atom stereocenters. The molecular weight excluding hydrogens is 312 g/mol. The van der Waals surface area contributed by atoms with Crippen LogP contribution < -0.4 is 14.9 Å². The second-order valence-corrected chi connectivity index (χ2v) is 4.82. The molecule has 0 fully saturated rings. The number of halogens is 1. The molecule has 96 valence electrons. The maximum Gasteiger partial charge on any atom is 0.231 e. The first kappa shape index (κ1) is 12.1. The highest BCUT2D eigenvalue weighted by Gasteiger charge is 2.20. The Morgan fingerprint density at radius 2 is 2.11 bits per heavy atom. The summed E-state index contributed by atoms with van der Waals surface area (Å²) in [4.78, 5) is 12.3. The van der Waals surface area contributed by atoms with E-state index in [1.165, 1.54) is 0 Å². The first-order valence-corrected chi connectivity index (χ1v) is 6.52. The van der Waals surface area contributed by atoms with Crippen molar-refractivity contribution in [1.82, 2.24) is 4.57 Å². The summed E-state index contributed by atoms with van der Waals surface area (Å²) in [5.74, 6) is 1.16. The zero-order valence-corrected chi connectivity index (χ0v) is 11.7. The molecule has 3 rings (SSSR count). The lowest BCUT2D eigenvalue weighted by Gasteiger charge is -2.13. The summed E-state index contributed by atoms with van der Waals surface area (Å²) in [7, 11) is 0. The van der Waals surface area contributed by atoms with Crippen molar-refractivity contribution in [2.24, 2.45) is 0 Å². The van der Waals surface area contributed by atoms with E-state index in [-0.39, 0.29) is 17.8 Å². The van der Waals surface area contributed by atoms with E-state index >= 15 is 0 Å². The van der Waals surface area contributed by atoms with Gasteiger partial charge < -0.3 is 14.0 Å². The van der Waals surface area contributed by atoms with Crippen LogP contribution in [0, 0.1) is 11.3 Å². The summed E-state index contributed by atoms with van der Waals surface area (Å²) < 4.78 is 13.0. The smallest absolute Gasteiger partial charge is 0.231 e. The van der Waals surface area contributed by atoms with E-state index in [2.05, 4.69) is 15.9 Å². The van der Waals surface area contributed by atoms with Crippen LogP contribution in [0.15, 0.2) is 21.5 Å². The fourth-order valence-corrected chi connectivity index (χ4v) is 2.92. The lowest BCUT2D eigenvalue weighted by atomic mass is 10.1. The number of nitrogens with zero attached hydrogens (tertiary/aromatic N) is 2. The molecule has 1 aromatic heterocycles. The molecule has 19 heavy (non-hydrogen) atoms. The number of hydrogen-bond donors (Lipinski definition) is 0. The summed E-state index contributed by atoms with van der Waals surface area (Å²) in [5, 5.41) is 9.59. The van der Waals surface area contributed by atoms with Crippen LogP contribution >= 0.6 is 15.9 Å². The average molecular weight is 321 g/mol. The van der Waals surface area contributed by atoms with E-state index in [9.17, 15) is 4.79 Å². The molecule has 2 heterocycles. The van der Waals surface area contributed by atoms with Crippen LogP contribution in [0.1, 0.15) is 12.5 Å². The minimum Gasteiger partial charge on any atom is -0.454 e. The molecule has 6 heteroatoms. The zero-order chi connectivity index (χ0) is 13.6. The van der Waals surface area contributed by atoms with Crippen LogP contribution in [0.4, 0.5) is 0 Å². The standard InChI is InChI=1S/C13H9BrN2O3/c1-2-16-9-4-11-10(18-6-19-11)3-7(9)12(17)8(5-15)13(16)14/h3-4H,2,6H2,1H3. The van der Waals surface area contributed by atoms with Gasteiger partial charge >= 0.3 is 0 Å². The molecule has 0 spiro atoms. The molecule has 1 aliphatic rings. The lowest BCUT2D eigenvalue weighted by molar-refractivity contribution is 0.174. The Hall–Kier alpha value is -2.00. The molecule has 0 atom stereocenters. The summed E-state index contributed by atoms with van der Waals surface area (Å²) >= 11 is 3.32. The number of pyridine rings is 1. The van der Waals surface area contributed by atoms with Gasteiger partial charge in [0.05, 0.1) is 10.9 Å². The number of ether oxygens (including phenoxy) is 2. The Bertz CT molecular complexity index is 789. The molecule has 0 saturated heterocycles.